The minimum absolute atomic E-state index is 0.120. The zero-order chi connectivity index (χ0) is 16.4. The van der Waals surface area contributed by atoms with Crippen LogP contribution < -0.4 is 5.32 Å². The van der Waals surface area contributed by atoms with Gasteiger partial charge in [0.15, 0.2) is 0 Å². The van der Waals surface area contributed by atoms with Crippen molar-refractivity contribution in [3.63, 3.8) is 0 Å². The molecule has 0 aliphatic carbocycles. The Bertz CT molecular complexity index is 866. The van der Waals surface area contributed by atoms with Gasteiger partial charge in [-0.05, 0) is 47.7 Å². The van der Waals surface area contributed by atoms with Gasteiger partial charge in [0.2, 0.25) is 0 Å². The number of anilines is 1. The number of nitrogens with zero attached hydrogens (tertiary/aromatic N) is 4. The van der Waals surface area contributed by atoms with E-state index in [2.05, 4.69) is 20.7 Å². The molecule has 9 heteroatoms. The van der Waals surface area contributed by atoms with Crippen molar-refractivity contribution in [2.45, 2.75) is 0 Å². The van der Waals surface area contributed by atoms with Gasteiger partial charge in [-0.25, -0.2) is 8.78 Å². The van der Waals surface area contributed by atoms with Gasteiger partial charge in [-0.15, -0.1) is 15.0 Å². The van der Waals surface area contributed by atoms with E-state index >= 15 is 0 Å². The second-order valence-electron chi connectivity index (χ2n) is 4.46. The highest BCUT2D eigenvalue weighted by atomic mass is 35.5. The van der Waals surface area contributed by atoms with E-state index in [1.807, 2.05) is 0 Å². The number of nitrogens with one attached hydrogen (secondary N) is 1. The molecule has 1 heterocycles. The quantitative estimate of drug-likeness (QED) is 0.799. The first-order valence-corrected chi connectivity index (χ1v) is 6.73. The maximum absolute atomic E-state index is 13.1. The second kappa shape index (κ2) is 6.09. The van der Waals surface area contributed by atoms with Crippen molar-refractivity contribution >= 4 is 23.2 Å². The summed E-state index contributed by atoms with van der Waals surface area (Å²) in [5.74, 6) is -1.83. The summed E-state index contributed by atoms with van der Waals surface area (Å²) >= 11 is 5.64. The lowest BCUT2D eigenvalue weighted by molar-refractivity contribution is 0.101. The standard InChI is InChI=1S/C14H8ClF2N5O/c15-11-7-9(3-6-12(11)17)18-14(23)13-19-21-22(20-13)10-4-1-8(16)2-5-10/h1-7H,(H,18,23). The molecule has 0 bridgehead atoms. The van der Waals surface area contributed by atoms with E-state index in [0.717, 1.165) is 10.9 Å². The zero-order valence-electron chi connectivity index (χ0n) is 11.4. The summed E-state index contributed by atoms with van der Waals surface area (Å²) in [4.78, 5) is 13.1. The average molecular weight is 336 g/mol. The van der Waals surface area contributed by atoms with Gasteiger partial charge < -0.3 is 5.32 Å². The van der Waals surface area contributed by atoms with Crippen LogP contribution in [0.1, 0.15) is 10.6 Å². The summed E-state index contributed by atoms with van der Waals surface area (Å²) in [6.07, 6.45) is 0. The van der Waals surface area contributed by atoms with E-state index in [1.165, 1.54) is 36.4 Å². The summed E-state index contributed by atoms with van der Waals surface area (Å²) in [6.45, 7) is 0. The molecule has 1 N–H and O–H groups in total. The van der Waals surface area contributed by atoms with Crippen molar-refractivity contribution in [2.75, 3.05) is 5.32 Å². The number of carbonyl (C=O) groups is 1. The lowest BCUT2D eigenvalue weighted by Gasteiger charge is -2.03. The van der Waals surface area contributed by atoms with Crippen LogP contribution in [-0.2, 0) is 0 Å². The van der Waals surface area contributed by atoms with Crippen molar-refractivity contribution in [3.8, 4) is 5.69 Å². The molecule has 0 aliphatic rings. The van der Waals surface area contributed by atoms with Crippen LogP contribution in [0, 0.1) is 11.6 Å². The fraction of sp³-hybridized carbons (Fsp3) is 0. The third-order valence-electron chi connectivity index (χ3n) is 2.85. The number of carbonyl (C=O) groups excluding carboxylic acids is 1. The fourth-order valence-corrected chi connectivity index (χ4v) is 1.93. The van der Waals surface area contributed by atoms with E-state index in [-0.39, 0.29) is 10.8 Å². The number of hydrogen-bond donors (Lipinski definition) is 1. The first-order chi connectivity index (χ1) is 11.0. The molecule has 0 spiro atoms. The lowest BCUT2D eigenvalue weighted by Crippen LogP contribution is -2.14. The smallest absolute Gasteiger partial charge is 0.297 e. The SMILES string of the molecule is O=C(Nc1ccc(F)c(Cl)c1)c1nnn(-c2ccc(F)cc2)n1. The number of tetrazole rings is 1. The number of amides is 1. The fourth-order valence-electron chi connectivity index (χ4n) is 1.75. The summed E-state index contributed by atoms with van der Waals surface area (Å²) in [7, 11) is 0. The summed E-state index contributed by atoms with van der Waals surface area (Å²) < 4.78 is 25.9. The maximum Gasteiger partial charge on any atom is 0.297 e. The molecule has 1 amide bonds. The molecule has 116 valence electrons. The number of aromatic nitrogens is 4. The Kier molecular flexibility index (Phi) is 3.98. The molecule has 0 saturated carbocycles. The average Bonchev–Trinajstić information content (AvgIpc) is 3.02. The molecule has 3 rings (SSSR count). The van der Waals surface area contributed by atoms with Gasteiger partial charge in [-0.2, -0.15) is 0 Å². The minimum Gasteiger partial charge on any atom is -0.319 e. The van der Waals surface area contributed by atoms with Gasteiger partial charge in [0, 0.05) is 5.69 Å². The molecule has 3 aromatic rings. The highest BCUT2D eigenvalue weighted by Gasteiger charge is 2.14. The van der Waals surface area contributed by atoms with E-state index in [1.54, 1.807) is 0 Å². The Morgan fingerprint density at radius 2 is 1.87 bits per heavy atom. The molecule has 0 unspecified atom stereocenters. The summed E-state index contributed by atoms with van der Waals surface area (Å²) in [5.41, 5.74) is 0.738. The van der Waals surface area contributed by atoms with Crippen LogP contribution in [0.5, 0.6) is 0 Å². The Morgan fingerprint density at radius 1 is 1.13 bits per heavy atom. The van der Waals surface area contributed by atoms with Gasteiger partial charge in [0.25, 0.3) is 11.7 Å². The van der Waals surface area contributed by atoms with Gasteiger partial charge in [-0.3, -0.25) is 4.79 Å². The van der Waals surface area contributed by atoms with Crippen LogP contribution >= 0.6 is 11.6 Å². The van der Waals surface area contributed by atoms with Crippen LogP contribution in [0.4, 0.5) is 14.5 Å². The lowest BCUT2D eigenvalue weighted by atomic mass is 10.3. The normalized spacial score (nSPS) is 10.6. The first kappa shape index (κ1) is 15.0. The monoisotopic (exact) mass is 335 g/mol. The van der Waals surface area contributed by atoms with Crippen molar-refractivity contribution in [1.29, 1.82) is 0 Å². The van der Waals surface area contributed by atoms with E-state index in [9.17, 15) is 13.6 Å². The Morgan fingerprint density at radius 3 is 2.57 bits per heavy atom. The molecule has 0 atom stereocenters. The molecule has 0 saturated heterocycles. The van der Waals surface area contributed by atoms with Crippen molar-refractivity contribution in [3.05, 3.63) is 64.9 Å². The van der Waals surface area contributed by atoms with Crippen molar-refractivity contribution < 1.29 is 13.6 Å². The summed E-state index contributed by atoms with van der Waals surface area (Å²) in [6, 6.07) is 9.10. The summed E-state index contributed by atoms with van der Waals surface area (Å²) in [5, 5.41) is 13.6. The predicted molar refractivity (Wildman–Crippen MR) is 78.5 cm³/mol. The maximum atomic E-state index is 13.1. The van der Waals surface area contributed by atoms with Gasteiger partial charge >= 0.3 is 0 Å². The first-order valence-electron chi connectivity index (χ1n) is 6.35. The number of halogens is 3. The van der Waals surface area contributed by atoms with Crippen LogP contribution in [0.15, 0.2) is 42.5 Å². The van der Waals surface area contributed by atoms with E-state index in [0.29, 0.717) is 11.4 Å². The van der Waals surface area contributed by atoms with Crippen LogP contribution in [0.25, 0.3) is 5.69 Å². The van der Waals surface area contributed by atoms with Gasteiger partial charge in [0.1, 0.15) is 11.6 Å². The molecule has 1 aromatic heterocycles. The number of benzene rings is 2. The third kappa shape index (κ3) is 3.32. The van der Waals surface area contributed by atoms with Crippen LogP contribution in [0.3, 0.4) is 0 Å². The van der Waals surface area contributed by atoms with E-state index < -0.39 is 17.5 Å². The Hall–Kier alpha value is -2.87. The molecule has 0 aliphatic heterocycles. The molecule has 23 heavy (non-hydrogen) atoms. The van der Waals surface area contributed by atoms with Gasteiger partial charge in [0.05, 0.1) is 10.7 Å². The molecule has 6 nitrogen and oxygen atoms in total. The van der Waals surface area contributed by atoms with Crippen molar-refractivity contribution in [1.82, 2.24) is 20.2 Å². The minimum atomic E-state index is -0.638. The van der Waals surface area contributed by atoms with Crippen LogP contribution in [-0.4, -0.2) is 26.1 Å². The number of rotatable bonds is 3. The molecular formula is C14H8ClF2N5O. The number of hydrogen-bond acceptors (Lipinski definition) is 4. The van der Waals surface area contributed by atoms with Gasteiger partial charge in [-0.1, -0.05) is 11.6 Å². The topological polar surface area (TPSA) is 72.7 Å². The largest absolute Gasteiger partial charge is 0.319 e. The molecule has 0 radical (unpaired) electrons. The molecule has 0 fully saturated rings. The third-order valence-corrected chi connectivity index (χ3v) is 3.14. The predicted octanol–water partition coefficient (Wildman–Crippen LogP) is 2.85. The second-order valence-corrected chi connectivity index (χ2v) is 4.87. The molecule has 2 aromatic carbocycles. The highest BCUT2D eigenvalue weighted by Crippen LogP contribution is 2.19. The van der Waals surface area contributed by atoms with Crippen LogP contribution in [0.2, 0.25) is 5.02 Å². The highest BCUT2D eigenvalue weighted by molar-refractivity contribution is 6.31. The molecular weight excluding hydrogens is 328 g/mol. The Balaban J connectivity index is 1.78. The van der Waals surface area contributed by atoms with E-state index in [4.69, 9.17) is 11.6 Å². The zero-order valence-corrected chi connectivity index (χ0v) is 12.1. The Labute approximate surface area is 133 Å². The van der Waals surface area contributed by atoms with Crippen molar-refractivity contribution in [2.24, 2.45) is 0 Å².